The molecule has 23 heavy (non-hydrogen) atoms. The Hall–Kier alpha value is -1.99. The highest BCUT2D eigenvalue weighted by molar-refractivity contribution is 5.94. The average molecular weight is 324 g/mol. The number of carbonyl (C=O) groups excluding carboxylic acids is 2. The zero-order valence-corrected chi connectivity index (χ0v) is 13.0. The van der Waals surface area contributed by atoms with Crippen LogP contribution in [0, 0.1) is 5.82 Å². The standard InChI is InChI=1S/C16H21FN2O4/c1-22-14-10-23-9-7-13(14)19-15(20)6-8-18-16(21)11-4-2-3-5-12(11)17/h2-5,13-14H,6-10H2,1H3,(H,18,21)(H,19,20)/t13-,14-/m1/s1. The van der Waals surface area contributed by atoms with Crippen molar-refractivity contribution < 1.29 is 23.5 Å². The molecule has 1 heterocycles. The van der Waals surface area contributed by atoms with E-state index in [1.165, 1.54) is 18.2 Å². The lowest BCUT2D eigenvalue weighted by atomic mass is 10.1. The molecule has 1 aromatic carbocycles. The zero-order chi connectivity index (χ0) is 16.7. The van der Waals surface area contributed by atoms with Gasteiger partial charge in [-0.05, 0) is 18.6 Å². The van der Waals surface area contributed by atoms with Crippen molar-refractivity contribution in [1.82, 2.24) is 10.6 Å². The molecule has 1 aliphatic rings. The second kappa shape index (κ2) is 8.59. The molecule has 1 fully saturated rings. The number of hydrogen-bond acceptors (Lipinski definition) is 4. The summed E-state index contributed by atoms with van der Waals surface area (Å²) in [6.45, 7) is 1.17. The zero-order valence-electron chi connectivity index (χ0n) is 13.0. The van der Waals surface area contributed by atoms with Crippen molar-refractivity contribution in [2.75, 3.05) is 26.9 Å². The minimum Gasteiger partial charge on any atom is -0.379 e. The third kappa shape index (κ3) is 5.01. The van der Waals surface area contributed by atoms with E-state index in [1.54, 1.807) is 13.2 Å². The molecule has 6 nitrogen and oxygen atoms in total. The largest absolute Gasteiger partial charge is 0.379 e. The molecule has 126 valence electrons. The lowest BCUT2D eigenvalue weighted by Gasteiger charge is -2.31. The highest BCUT2D eigenvalue weighted by Crippen LogP contribution is 2.10. The predicted octanol–water partition coefficient (Wildman–Crippen LogP) is 0.866. The van der Waals surface area contributed by atoms with Crippen LogP contribution >= 0.6 is 0 Å². The van der Waals surface area contributed by atoms with Gasteiger partial charge in [-0.15, -0.1) is 0 Å². The highest BCUT2D eigenvalue weighted by Gasteiger charge is 2.26. The Labute approximate surface area is 134 Å². The van der Waals surface area contributed by atoms with Gasteiger partial charge in [0.2, 0.25) is 5.91 Å². The topological polar surface area (TPSA) is 76.7 Å². The summed E-state index contributed by atoms with van der Waals surface area (Å²) in [6.07, 6.45) is 0.639. The van der Waals surface area contributed by atoms with Gasteiger partial charge >= 0.3 is 0 Å². The quantitative estimate of drug-likeness (QED) is 0.814. The van der Waals surface area contributed by atoms with Gasteiger partial charge in [-0.25, -0.2) is 4.39 Å². The fraction of sp³-hybridized carbons (Fsp3) is 0.500. The van der Waals surface area contributed by atoms with Crippen molar-refractivity contribution in [3.05, 3.63) is 35.6 Å². The van der Waals surface area contributed by atoms with Crippen molar-refractivity contribution in [1.29, 1.82) is 0 Å². The molecule has 7 heteroatoms. The van der Waals surface area contributed by atoms with Crippen LogP contribution in [-0.2, 0) is 14.3 Å². The number of halogens is 1. The molecular formula is C16H21FN2O4. The molecule has 0 spiro atoms. The number of hydrogen-bond donors (Lipinski definition) is 2. The fourth-order valence-corrected chi connectivity index (χ4v) is 2.42. The van der Waals surface area contributed by atoms with Crippen LogP contribution in [0.2, 0.25) is 0 Å². The molecule has 0 aliphatic carbocycles. The summed E-state index contributed by atoms with van der Waals surface area (Å²) >= 11 is 0. The first kappa shape index (κ1) is 17.4. The number of amides is 2. The van der Waals surface area contributed by atoms with Gasteiger partial charge in [0, 0.05) is 26.7 Å². The van der Waals surface area contributed by atoms with E-state index in [9.17, 15) is 14.0 Å². The number of ether oxygens (including phenoxy) is 2. The maximum Gasteiger partial charge on any atom is 0.254 e. The summed E-state index contributed by atoms with van der Waals surface area (Å²) in [6, 6.07) is 5.62. The number of nitrogens with one attached hydrogen (secondary N) is 2. The second-order valence-corrected chi connectivity index (χ2v) is 5.30. The molecule has 1 aliphatic heterocycles. The number of methoxy groups -OCH3 is 1. The Morgan fingerprint density at radius 3 is 2.91 bits per heavy atom. The minimum atomic E-state index is -0.584. The van der Waals surface area contributed by atoms with Crippen LogP contribution < -0.4 is 10.6 Å². The van der Waals surface area contributed by atoms with Crippen LogP contribution in [0.5, 0.6) is 0 Å². The Morgan fingerprint density at radius 1 is 1.39 bits per heavy atom. The van der Waals surface area contributed by atoms with Crippen LogP contribution in [0.1, 0.15) is 23.2 Å². The van der Waals surface area contributed by atoms with Gasteiger partial charge in [0.25, 0.3) is 5.91 Å². The Bertz CT molecular complexity index is 553. The third-order valence-corrected chi connectivity index (χ3v) is 3.71. The summed E-state index contributed by atoms with van der Waals surface area (Å²) in [7, 11) is 1.58. The fourth-order valence-electron chi connectivity index (χ4n) is 2.42. The van der Waals surface area contributed by atoms with Gasteiger partial charge in [-0.1, -0.05) is 12.1 Å². The molecule has 0 aromatic heterocycles. The van der Waals surface area contributed by atoms with Gasteiger partial charge in [-0.3, -0.25) is 9.59 Å². The molecule has 1 aromatic rings. The van der Waals surface area contributed by atoms with E-state index >= 15 is 0 Å². The maximum absolute atomic E-state index is 13.5. The minimum absolute atomic E-state index is 0.0308. The normalized spacial score (nSPS) is 20.8. The van der Waals surface area contributed by atoms with Gasteiger partial charge < -0.3 is 20.1 Å². The molecule has 0 radical (unpaired) electrons. The van der Waals surface area contributed by atoms with Crippen molar-refractivity contribution in [2.24, 2.45) is 0 Å². The smallest absolute Gasteiger partial charge is 0.254 e. The molecule has 0 unspecified atom stereocenters. The number of benzene rings is 1. The first-order valence-electron chi connectivity index (χ1n) is 7.54. The number of carbonyl (C=O) groups is 2. The van der Waals surface area contributed by atoms with Crippen molar-refractivity contribution in [2.45, 2.75) is 25.0 Å². The summed E-state index contributed by atoms with van der Waals surface area (Å²) < 4.78 is 24.0. The van der Waals surface area contributed by atoms with Crippen LogP contribution in [0.15, 0.2) is 24.3 Å². The van der Waals surface area contributed by atoms with Gasteiger partial charge in [0.1, 0.15) is 11.9 Å². The molecule has 2 N–H and O–H groups in total. The molecule has 2 rings (SSSR count). The Morgan fingerprint density at radius 2 is 2.17 bits per heavy atom. The molecular weight excluding hydrogens is 303 g/mol. The van der Waals surface area contributed by atoms with E-state index in [0.29, 0.717) is 19.6 Å². The van der Waals surface area contributed by atoms with E-state index in [-0.39, 0.29) is 36.6 Å². The average Bonchev–Trinajstić information content (AvgIpc) is 2.55. The molecule has 2 atom stereocenters. The van der Waals surface area contributed by atoms with Crippen molar-refractivity contribution in [3.63, 3.8) is 0 Å². The lowest BCUT2D eigenvalue weighted by molar-refractivity contribution is -0.125. The van der Waals surface area contributed by atoms with Gasteiger partial charge in [-0.2, -0.15) is 0 Å². The van der Waals surface area contributed by atoms with Crippen molar-refractivity contribution >= 4 is 11.8 Å². The molecule has 1 saturated heterocycles. The van der Waals surface area contributed by atoms with Crippen LogP contribution in [0.3, 0.4) is 0 Å². The third-order valence-electron chi connectivity index (χ3n) is 3.71. The predicted molar refractivity (Wildman–Crippen MR) is 81.5 cm³/mol. The summed E-state index contributed by atoms with van der Waals surface area (Å²) in [4.78, 5) is 23.7. The highest BCUT2D eigenvalue weighted by atomic mass is 19.1. The van der Waals surface area contributed by atoms with Gasteiger partial charge in [0.05, 0.1) is 18.2 Å². The van der Waals surface area contributed by atoms with E-state index in [1.807, 2.05) is 0 Å². The lowest BCUT2D eigenvalue weighted by Crippen LogP contribution is -2.50. The van der Waals surface area contributed by atoms with Crippen LogP contribution in [-0.4, -0.2) is 50.8 Å². The van der Waals surface area contributed by atoms with Gasteiger partial charge in [0.15, 0.2) is 0 Å². The van der Waals surface area contributed by atoms with E-state index in [4.69, 9.17) is 9.47 Å². The van der Waals surface area contributed by atoms with E-state index in [0.717, 1.165) is 0 Å². The maximum atomic E-state index is 13.5. The molecule has 0 bridgehead atoms. The summed E-state index contributed by atoms with van der Waals surface area (Å²) in [5.74, 6) is -1.30. The van der Waals surface area contributed by atoms with E-state index in [2.05, 4.69) is 10.6 Å². The van der Waals surface area contributed by atoms with Crippen molar-refractivity contribution in [3.8, 4) is 0 Å². The summed E-state index contributed by atoms with van der Waals surface area (Å²) in [5.41, 5.74) is -0.0308. The first-order valence-corrected chi connectivity index (χ1v) is 7.54. The molecule has 0 saturated carbocycles. The van der Waals surface area contributed by atoms with E-state index < -0.39 is 11.7 Å². The number of rotatable bonds is 6. The molecule has 2 amide bonds. The monoisotopic (exact) mass is 324 g/mol. The summed E-state index contributed by atoms with van der Waals surface area (Å²) in [5, 5.41) is 5.41. The van der Waals surface area contributed by atoms with Crippen LogP contribution in [0.25, 0.3) is 0 Å². The second-order valence-electron chi connectivity index (χ2n) is 5.30. The Kier molecular flexibility index (Phi) is 6.49. The first-order chi connectivity index (χ1) is 11.1. The Balaban J connectivity index is 1.74. The SMILES string of the molecule is CO[C@@H]1COCC[C@H]1NC(=O)CCNC(=O)c1ccccc1F. The van der Waals surface area contributed by atoms with Crippen LogP contribution in [0.4, 0.5) is 4.39 Å².